The first-order valence-electron chi connectivity index (χ1n) is 6.83. The molecule has 1 aliphatic rings. The SMILES string of the molecule is CCNC(=O)c1ccc(NCC2CCC2)c(C)c1. The van der Waals surface area contributed by atoms with Crippen molar-refractivity contribution in [2.75, 3.05) is 18.4 Å². The van der Waals surface area contributed by atoms with Crippen LogP contribution in [0, 0.1) is 12.8 Å². The van der Waals surface area contributed by atoms with E-state index in [1.165, 1.54) is 19.3 Å². The molecule has 98 valence electrons. The summed E-state index contributed by atoms with van der Waals surface area (Å²) in [5.74, 6) is 0.846. The number of hydrogen-bond acceptors (Lipinski definition) is 2. The number of anilines is 1. The van der Waals surface area contributed by atoms with Crippen molar-refractivity contribution in [3.05, 3.63) is 29.3 Å². The second-order valence-electron chi connectivity index (χ2n) is 5.07. The van der Waals surface area contributed by atoms with Gasteiger partial charge in [0.25, 0.3) is 5.91 Å². The highest BCUT2D eigenvalue weighted by Gasteiger charge is 2.17. The third kappa shape index (κ3) is 3.03. The zero-order valence-electron chi connectivity index (χ0n) is 11.3. The molecule has 0 aromatic heterocycles. The number of carbonyl (C=O) groups is 1. The molecule has 0 radical (unpaired) electrons. The third-order valence-electron chi connectivity index (χ3n) is 3.63. The van der Waals surface area contributed by atoms with E-state index in [1.807, 2.05) is 32.0 Å². The predicted octanol–water partition coefficient (Wildman–Crippen LogP) is 2.96. The van der Waals surface area contributed by atoms with E-state index in [1.54, 1.807) is 0 Å². The number of hydrogen-bond donors (Lipinski definition) is 2. The van der Waals surface area contributed by atoms with Crippen LogP contribution in [0.4, 0.5) is 5.69 Å². The summed E-state index contributed by atoms with van der Waals surface area (Å²) < 4.78 is 0. The van der Waals surface area contributed by atoms with Gasteiger partial charge in [0, 0.05) is 24.3 Å². The van der Waals surface area contributed by atoms with Crippen LogP contribution in [-0.4, -0.2) is 19.0 Å². The normalized spacial score (nSPS) is 15.0. The zero-order chi connectivity index (χ0) is 13.0. The minimum Gasteiger partial charge on any atom is -0.385 e. The van der Waals surface area contributed by atoms with Crippen molar-refractivity contribution < 1.29 is 4.79 Å². The zero-order valence-corrected chi connectivity index (χ0v) is 11.3. The Hall–Kier alpha value is -1.51. The van der Waals surface area contributed by atoms with Crippen LogP contribution < -0.4 is 10.6 Å². The number of benzene rings is 1. The monoisotopic (exact) mass is 246 g/mol. The highest BCUT2D eigenvalue weighted by molar-refractivity contribution is 5.94. The van der Waals surface area contributed by atoms with E-state index in [-0.39, 0.29) is 5.91 Å². The van der Waals surface area contributed by atoms with Gasteiger partial charge in [-0.2, -0.15) is 0 Å². The van der Waals surface area contributed by atoms with Crippen LogP contribution in [0.5, 0.6) is 0 Å². The van der Waals surface area contributed by atoms with Crippen molar-refractivity contribution in [3.8, 4) is 0 Å². The molecule has 1 fully saturated rings. The van der Waals surface area contributed by atoms with E-state index in [0.29, 0.717) is 6.54 Å². The fraction of sp³-hybridized carbons (Fsp3) is 0.533. The summed E-state index contributed by atoms with van der Waals surface area (Å²) in [7, 11) is 0. The summed E-state index contributed by atoms with van der Waals surface area (Å²) in [6.45, 7) is 5.70. The molecule has 0 saturated heterocycles. The first kappa shape index (κ1) is 12.9. The maximum absolute atomic E-state index is 11.7. The molecule has 0 aliphatic heterocycles. The third-order valence-corrected chi connectivity index (χ3v) is 3.63. The molecular weight excluding hydrogens is 224 g/mol. The Kier molecular flexibility index (Phi) is 4.24. The van der Waals surface area contributed by atoms with Crippen molar-refractivity contribution in [3.63, 3.8) is 0 Å². The maximum Gasteiger partial charge on any atom is 0.251 e. The Balaban J connectivity index is 1.97. The van der Waals surface area contributed by atoms with Gasteiger partial charge < -0.3 is 10.6 Å². The maximum atomic E-state index is 11.7. The van der Waals surface area contributed by atoms with Crippen molar-refractivity contribution >= 4 is 11.6 Å². The fourth-order valence-electron chi connectivity index (χ4n) is 2.22. The van der Waals surface area contributed by atoms with Gasteiger partial charge in [-0.1, -0.05) is 6.42 Å². The van der Waals surface area contributed by atoms with E-state index in [2.05, 4.69) is 10.6 Å². The summed E-state index contributed by atoms with van der Waals surface area (Å²) in [6.07, 6.45) is 4.08. The first-order valence-corrected chi connectivity index (χ1v) is 6.83. The molecule has 0 spiro atoms. The number of aryl methyl sites for hydroxylation is 1. The van der Waals surface area contributed by atoms with Crippen LogP contribution in [-0.2, 0) is 0 Å². The van der Waals surface area contributed by atoms with Crippen molar-refractivity contribution in [1.29, 1.82) is 0 Å². The minimum absolute atomic E-state index is 0.00569. The molecule has 1 aliphatic carbocycles. The number of carbonyl (C=O) groups excluding carboxylic acids is 1. The lowest BCUT2D eigenvalue weighted by Gasteiger charge is -2.26. The molecule has 1 saturated carbocycles. The topological polar surface area (TPSA) is 41.1 Å². The molecule has 1 aromatic rings. The van der Waals surface area contributed by atoms with Gasteiger partial charge in [-0.05, 0) is 56.4 Å². The Bertz CT molecular complexity index is 425. The van der Waals surface area contributed by atoms with Crippen LogP contribution >= 0.6 is 0 Å². The van der Waals surface area contributed by atoms with E-state index < -0.39 is 0 Å². The summed E-state index contributed by atoms with van der Waals surface area (Å²) in [6, 6.07) is 5.85. The van der Waals surface area contributed by atoms with E-state index in [9.17, 15) is 4.79 Å². The van der Waals surface area contributed by atoms with Crippen LogP contribution in [0.2, 0.25) is 0 Å². The van der Waals surface area contributed by atoms with Crippen LogP contribution in [0.1, 0.15) is 42.1 Å². The molecule has 18 heavy (non-hydrogen) atoms. The average Bonchev–Trinajstić information content (AvgIpc) is 2.29. The van der Waals surface area contributed by atoms with Crippen molar-refractivity contribution in [2.24, 2.45) is 5.92 Å². The number of nitrogens with one attached hydrogen (secondary N) is 2. The quantitative estimate of drug-likeness (QED) is 0.838. The molecule has 2 N–H and O–H groups in total. The van der Waals surface area contributed by atoms with Gasteiger partial charge in [0.15, 0.2) is 0 Å². The standard InChI is InChI=1S/C15H22N2O/c1-3-16-15(18)13-7-8-14(11(2)9-13)17-10-12-5-4-6-12/h7-9,12,17H,3-6,10H2,1-2H3,(H,16,18). The Morgan fingerprint density at radius 2 is 2.17 bits per heavy atom. The molecular formula is C15H22N2O. The van der Waals surface area contributed by atoms with Crippen LogP contribution in [0.3, 0.4) is 0 Å². The van der Waals surface area contributed by atoms with Gasteiger partial charge >= 0.3 is 0 Å². The second-order valence-corrected chi connectivity index (χ2v) is 5.07. The molecule has 0 atom stereocenters. The van der Waals surface area contributed by atoms with E-state index >= 15 is 0 Å². The second kappa shape index (κ2) is 5.89. The highest BCUT2D eigenvalue weighted by Crippen LogP contribution is 2.27. The van der Waals surface area contributed by atoms with E-state index in [0.717, 1.165) is 29.3 Å². The number of rotatable bonds is 5. The van der Waals surface area contributed by atoms with E-state index in [4.69, 9.17) is 0 Å². The predicted molar refractivity (Wildman–Crippen MR) is 75.0 cm³/mol. The smallest absolute Gasteiger partial charge is 0.251 e. The molecule has 1 amide bonds. The largest absolute Gasteiger partial charge is 0.385 e. The molecule has 0 bridgehead atoms. The summed E-state index contributed by atoms with van der Waals surface area (Å²) in [5, 5.41) is 6.30. The van der Waals surface area contributed by atoms with Crippen molar-refractivity contribution in [2.45, 2.75) is 33.1 Å². The van der Waals surface area contributed by atoms with Gasteiger partial charge in [0.05, 0.1) is 0 Å². The lowest BCUT2D eigenvalue weighted by atomic mass is 9.85. The molecule has 3 heteroatoms. The number of amides is 1. The lowest BCUT2D eigenvalue weighted by Crippen LogP contribution is -2.23. The fourth-order valence-corrected chi connectivity index (χ4v) is 2.22. The Labute approximate surface area is 109 Å². The van der Waals surface area contributed by atoms with Gasteiger partial charge in [0.1, 0.15) is 0 Å². The summed E-state index contributed by atoms with van der Waals surface area (Å²) in [4.78, 5) is 11.7. The molecule has 1 aromatic carbocycles. The molecule has 0 heterocycles. The highest BCUT2D eigenvalue weighted by atomic mass is 16.1. The molecule has 2 rings (SSSR count). The summed E-state index contributed by atoms with van der Waals surface area (Å²) >= 11 is 0. The van der Waals surface area contributed by atoms with Gasteiger partial charge in [0.2, 0.25) is 0 Å². The van der Waals surface area contributed by atoms with Gasteiger partial charge in [-0.15, -0.1) is 0 Å². The molecule has 0 unspecified atom stereocenters. The van der Waals surface area contributed by atoms with Crippen LogP contribution in [0.25, 0.3) is 0 Å². The first-order chi connectivity index (χ1) is 8.70. The van der Waals surface area contributed by atoms with Gasteiger partial charge in [-0.25, -0.2) is 0 Å². The Morgan fingerprint density at radius 1 is 1.39 bits per heavy atom. The van der Waals surface area contributed by atoms with Crippen molar-refractivity contribution in [1.82, 2.24) is 5.32 Å². The van der Waals surface area contributed by atoms with Gasteiger partial charge in [-0.3, -0.25) is 4.79 Å². The lowest BCUT2D eigenvalue weighted by molar-refractivity contribution is 0.0956. The molecule has 3 nitrogen and oxygen atoms in total. The Morgan fingerprint density at radius 3 is 2.72 bits per heavy atom. The minimum atomic E-state index is 0.00569. The summed E-state index contributed by atoms with van der Waals surface area (Å²) in [5.41, 5.74) is 3.02. The average molecular weight is 246 g/mol. The van der Waals surface area contributed by atoms with Crippen LogP contribution in [0.15, 0.2) is 18.2 Å².